The normalized spacial score (nSPS) is 12.8. The predicted molar refractivity (Wildman–Crippen MR) is 138 cm³/mol. The molecule has 0 saturated carbocycles. The first-order chi connectivity index (χ1) is 16.5. The van der Waals surface area contributed by atoms with E-state index in [1.54, 1.807) is 12.4 Å². The molecule has 0 bridgehead atoms. The number of hydrogen-bond acceptors (Lipinski definition) is 5. The number of aromatic nitrogens is 4. The molecule has 2 aromatic heterocycles. The number of nitrogens with zero attached hydrogens (tertiary/aromatic N) is 4. The predicted octanol–water partition coefficient (Wildman–Crippen LogP) is 6.27. The van der Waals surface area contributed by atoms with Gasteiger partial charge in [-0.05, 0) is 61.6 Å². The molecule has 0 saturated heterocycles. The monoisotopic (exact) mass is 471 g/mol. The molecule has 0 aliphatic rings. The zero-order valence-corrected chi connectivity index (χ0v) is 20.7. The molecule has 7 heteroatoms. The van der Waals surface area contributed by atoms with E-state index in [4.69, 9.17) is 0 Å². The average molecular weight is 472 g/mol. The maximum absolute atomic E-state index is 13.2. The Bertz CT molecular complexity index is 1270. The van der Waals surface area contributed by atoms with Crippen LogP contribution in [0.25, 0.3) is 17.1 Å². The molecule has 2 unspecified atom stereocenters. The summed E-state index contributed by atoms with van der Waals surface area (Å²) in [5, 5.41) is 12.4. The highest BCUT2D eigenvalue weighted by Crippen LogP contribution is 2.32. The number of pyridine rings is 1. The fraction of sp³-hybridized carbons (Fsp3) is 0.259. The molecule has 1 amide bonds. The van der Waals surface area contributed by atoms with Crippen molar-refractivity contribution < 1.29 is 4.79 Å². The summed E-state index contributed by atoms with van der Waals surface area (Å²) in [5.41, 5.74) is 5.01. The molecule has 4 aromatic rings. The van der Waals surface area contributed by atoms with Crippen molar-refractivity contribution in [1.82, 2.24) is 19.7 Å². The first kappa shape index (κ1) is 23.7. The van der Waals surface area contributed by atoms with Gasteiger partial charge in [-0.15, -0.1) is 10.2 Å². The minimum Gasteiger partial charge on any atom is -0.325 e. The Morgan fingerprint density at radius 1 is 1.00 bits per heavy atom. The molecule has 2 atom stereocenters. The lowest BCUT2D eigenvalue weighted by atomic mass is 9.97. The maximum atomic E-state index is 13.2. The molecule has 6 nitrogen and oxygen atoms in total. The van der Waals surface area contributed by atoms with Crippen LogP contribution < -0.4 is 5.32 Å². The number of aryl methyl sites for hydroxylation is 1. The van der Waals surface area contributed by atoms with Gasteiger partial charge in [0.25, 0.3) is 0 Å². The lowest BCUT2D eigenvalue weighted by Gasteiger charge is -2.18. The van der Waals surface area contributed by atoms with Crippen LogP contribution in [0.3, 0.4) is 0 Å². The van der Waals surface area contributed by atoms with E-state index < -0.39 is 0 Å². The lowest BCUT2D eigenvalue weighted by molar-refractivity contribution is -0.115. The van der Waals surface area contributed by atoms with Gasteiger partial charge in [0.15, 0.2) is 11.0 Å². The Hall–Kier alpha value is -3.45. The second-order valence-corrected chi connectivity index (χ2v) is 9.62. The van der Waals surface area contributed by atoms with Crippen LogP contribution in [0.15, 0.2) is 78.2 Å². The van der Waals surface area contributed by atoms with Gasteiger partial charge in [-0.3, -0.25) is 14.3 Å². The van der Waals surface area contributed by atoms with E-state index in [1.807, 2.05) is 60.0 Å². The van der Waals surface area contributed by atoms with Crippen molar-refractivity contribution in [2.24, 2.45) is 0 Å². The number of rotatable bonds is 8. The third-order valence-corrected chi connectivity index (χ3v) is 6.98. The first-order valence-electron chi connectivity index (χ1n) is 11.5. The van der Waals surface area contributed by atoms with Gasteiger partial charge in [0, 0.05) is 23.6 Å². The van der Waals surface area contributed by atoms with Gasteiger partial charge in [0.05, 0.1) is 10.9 Å². The van der Waals surface area contributed by atoms with Crippen LogP contribution in [0.5, 0.6) is 0 Å². The Balaban J connectivity index is 1.64. The molecule has 2 aromatic carbocycles. The summed E-state index contributed by atoms with van der Waals surface area (Å²) in [6, 6.07) is 19.9. The largest absolute Gasteiger partial charge is 0.325 e. The topological polar surface area (TPSA) is 72.7 Å². The molecular formula is C27H29N5OS. The summed E-state index contributed by atoms with van der Waals surface area (Å²) in [6.45, 7) is 8.28. The summed E-state index contributed by atoms with van der Waals surface area (Å²) in [7, 11) is 0. The average Bonchev–Trinajstić information content (AvgIpc) is 3.27. The summed E-state index contributed by atoms with van der Waals surface area (Å²) in [5.74, 6) is 1.02. The van der Waals surface area contributed by atoms with Crippen LogP contribution in [-0.4, -0.2) is 30.9 Å². The van der Waals surface area contributed by atoms with Crippen molar-refractivity contribution in [3.63, 3.8) is 0 Å². The second kappa shape index (κ2) is 10.7. The molecule has 0 aliphatic carbocycles. The van der Waals surface area contributed by atoms with Crippen molar-refractivity contribution in [1.29, 1.82) is 0 Å². The van der Waals surface area contributed by atoms with Gasteiger partial charge in [0.2, 0.25) is 5.91 Å². The number of amides is 1. The van der Waals surface area contributed by atoms with Gasteiger partial charge < -0.3 is 5.32 Å². The molecule has 0 radical (unpaired) electrons. The SMILES string of the molecule is CCC(C)c1ccccc1NC(=O)C(C)Sc1nnc(-c2ccncc2)n1-c1ccccc1C. The van der Waals surface area contributed by atoms with E-state index in [1.165, 1.54) is 11.8 Å². The van der Waals surface area contributed by atoms with Crippen molar-refractivity contribution in [3.05, 3.63) is 84.2 Å². The Labute approximate surface area is 204 Å². The molecule has 0 aliphatic heterocycles. The number of nitrogens with one attached hydrogen (secondary N) is 1. The number of carbonyl (C=O) groups excluding carboxylic acids is 1. The van der Waals surface area contributed by atoms with Crippen LogP contribution in [0.2, 0.25) is 0 Å². The summed E-state index contributed by atoms with van der Waals surface area (Å²) in [4.78, 5) is 17.3. The van der Waals surface area contributed by atoms with E-state index in [0.29, 0.717) is 16.9 Å². The fourth-order valence-electron chi connectivity index (χ4n) is 3.77. The minimum atomic E-state index is -0.373. The highest BCUT2D eigenvalue weighted by molar-refractivity contribution is 8.00. The van der Waals surface area contributed by atoms with Gasteiger partial charge >= 0.3 is 0 Å². The molecule has 0 fully saturated rings. The summed E-state index contributed by atoms with van der Waals surface area (Å²) < 4.78 is 2.02. The minimum absolute atomic E-state index is 0.0643. The zero-order chi connectivity index (χ0) is 24.1. The summed E-state index contributed by atoms with van der Waals surface area (Å²) >= 11 is 1.40. The van der Waals surface area contributed by atoms with Crippen LogP contribution in [-0.2, 0) is 4.79 Å². The van der Waals surface area contributed by atoms with Crippen molar-refractivity contribution in [2.75, 3.05) is 5.32 Å². The highest BCUT2D eigenvalue weighted by atomic mass is 32.2. The van der Waals surface area contributed by atoms with E-state index in [9.17, 15) is 4.79 Å². The number of carbonyl (C=O) groups is 1. The standard InChI is InChI=1S/C27H29N5OS/c1-5-18(2)22-11-7-8-12-23(22)29-26(33)20(4)34-27-31-30-25(21-14-16-28-17-15-21)32(27)24-13-9-6-10-19(24)3/h6-18,20H,5H2,1-4H3,(H,29,33). The van der Waals surface area contributed by atoms with Gasteiger partial charge in [0.1, 0.15) is 0 Å². The van der Waals surface area contributed by atoms with Crippen LogP contribution in [0.4, 0.5) is 5.69 Å². The quantitative estimate of drug-likeness (QED) is 0.307. The van der Waals surface area contributed by atoms with Crippen LogP contribution >= 0.6 is 11.8 Å². The van der Waals surface area contributed by atoms with Crippen LogP contribution in [0, 0.1) is 6.92 Å². The van der Waals surface area contributed by atoms with Gasteiger partial charge in [-0.1, -0.05) is 62.0 Å². The highest BCUT2D eigenvalue weighted by Gasteiger charge is 2.23. The van der Waals surface area contributed by atoms with E-state index in [-0.39, 0.29) is 11.2 Å². The van der Waals surface area contributed by atoms with E-state index >= 15 is 0 Å². The Morgan fingerprint density at radius 2 is 1.71 bits per heavy atom. The molecule has 0 spiro atoms. The van der Waals surface area contributed by atoms with Gasteiger partial charge in [-0.2, -0.15) is 0 Å². The lowest BCUT2D eigenvalue weighted by Crippen LogP contribution is -2.23. The number of para-hydroxylation sites is 2. The second-order valence-electron chi connectivity index (χ2n) is 8.31. The number of hydrogen-bond donors (Lipinski definition) is 1. The van der Waals surface area contributed by atoms with Gasteiger partial charge in [-0.25, -0.2) is 0 Å². The molecule has 2 heterocycles. The third kappa shape index (κ3) is 5.04. The number of benzene rings is 2. The number of anilines is 1. The zero-order valence-electron chi connectivity index (χ0n) is 19.9. The van der Waals surface area contributed by atoms with Crippen molar-refractivity contribution >= 4 is 23.4 Å². The first-order valence-corrected chi connectivity index (χ1v) is 12.4. The Kier molecular flexibility index (Phi) is 7.43. The molecule has 174 valence electrons. The molecule has 4 rings (SSSR count). The molecule has 1 N–H and O–H groups in total. The fourth-order valence-corrected chi connectivity index (χ4v) is 4.63. The molecule has 34 heavy (non-hydrogen) atoms. The van der Waals surface area contributed by atoms with E-state index in [0.717, 1.165) is 34.5 Å². The maximum Gasteiger partial charge on any atom is 0.237 e. The third-order valence-electron chi connectivity index (χ3n) is 5.94. The smallest absolute Gasteiger partial charge is 0.237 e. The summed E-state index contributed by atoms with van der Waals surface area (Å²) in [6.07, 6.45) is 4.49. The molecular weight excluding hydrogens is 442 g/mol. The van der Waals surface area contributed by atoms with Crippen LogP contribution in [0.1, 0.15) is 44.2 Å². The van der Waals surface area contributed by atoms with E-state index in [2.05, 4.69) is 53.4 Å². The van der Waals surface area contributed by atoms with Crippen molar-refractivity contribution in [2.45, 2.75) is 50.4 Å². The Morgan fingerprint density at radius 3 is 2.44 bits per heavy atom. The number of thioether (sulfide) groups is 1. The van der Waals surface area contributed by atoms with Crippen molar-refractivity contribution in [3.8, 4) is 17.1 Å².